The molecule has 1 atom stereocenters. The second kappa shape index (κ2) is 5.65. The highest BCUT2D eigenvalue weighted by atomic mass is 32.2. The molecule has 1 rings (SSSR count). The first-order chi connectivity index (χ1) is 7.48. The molecule has 0 radical (unpaired) electrons. The maximum absolute atomic E-state index is 11.8. The molecule has 0 saturated heterocycles. The van der Waals surface area contributed by atoms with Gasteiger partial charge in [0.2, 0.25) is 10.0 Å². The van der Waals surface area contributed by atoms with Gasteiger partial charge in [-0.15, -0.1) is 0 Å². The molecule has 0 aromatic carbocycles. The molecule has 0 bridgehead atoms. The van der Waals surface area contributed by atoms with Crippen molar-refractivity contribution >= 4 is 10.0 Å². The van der Waals surface area contributed by atoms with Gasteiger partial charge < -0.3 is 0 Å². The average molecular weight is 244 g/mol. The van der Waals surface area contributed by atoms with Gasteiger partial charge in [0.25, 0.3) is 0 Å². The van der Waals surface area contributed by atoms with Crippen LogP contribution in [0.15, 0.2) is 0 Å². The third-order valence-corrected chi connectivity index (χ3v) is 5.32. The van der Waals surface area contributed by atoms with Crippen LogP contribution in [0.4, 0.5) is 0 Å². The second-order valence-corrected chi connectivity index (χ2v) is 6.96. The van der Waals surface area contributed by atoms with Gasteiger partial charge in [0, 0.05) is 13.6 Å². The van der Waals surface area contributed by atoms with Crippen molar-refractivity contribution in [2.75, 3.05) is 13.6 Å². The molecule has 0 spiro atoms. The van der Waals surface area contributed by atoms with Gasteiger partial charge >= 0.3 is 0 Å². The topological polar surface area (TPSA) is 61.2 Å². The quantitative estimate of drug-likeness (QED) is 0.756. The summed E-state index contributed by atoms with van der Waals surface area (Å²) in [6.45, 7) is 2.00. The molecule has 4 nitrogen and oxygen atoms in total. The van der Waals surface area contributed by atoms with Crippen molar-refractivity contribution in [3.63, 3.8) is 0 Å². The maximum atomic E-state index is 11.8. The predicted octanol–water partition coefficient (Wildman–Crippen LogP) is 1.74. The first kappa shape index (κ1) is 13.5. The number of hydrogen-bond acceptors (Lipinski definition) is 3. The van der Waals surface area contributed by atoms with Gasteiger partial charge in [-0.3, -0.25) is 0 Å². The summed E-state index contributed by atoms with van der Waals surface area (Å²) in [6.07, 6.45) is 5.89. The minimum absolute atomic E-state index is 0.472. The van der Waals surface area contributed by atoms with Gasteiger partial charge in [-0.2, -0.15) is 5.26 Å². The summed E-state index contributed by atoms with van der Waals surface area (Å²) >= 11 is 0. The maximum Gasteiger partial charge on any atom is 0.229 e. The lowest BCUT2D eigenvalue weighted by Gasteiger charge is -2.27. The summed E-state index contributed by atoms with van der Waals surface area (Å²) in [5.41, 5.74) is 0. The summed E-state index contributed by atoms with van der Waals surface area (Å²) < 4.78 is 25.0. The lowest BCUT2D eigenvalue weighted by Crippen LogP contribution is -2.37. The van der Waals surface area contributed by atoms with Crippen molar-refractivity contribution in [1.82, 2.24) is 4.31 Å². The Labute approximate surface area is 98.3 Å². The van der Waals surface area contributed by atoms with Crippen LogP contribution in [0.2, 0.25) is 0 Å². The van der Waals surface area contributed by atoms with E-state index in [1.807, 2.05) is 0 Å². The summed E-state index contributed by atoms with van der Waals surface area (Å²) in [6, 6.07) is 1.79. The SMILES string of the molecule is CC(C#N)S(=O)(=O)N(C)CC1CCCCC1. The number of nitriles is 1. The van der Waals surface area contributed by atoms with E-state index in [9.17, 15) is 8.42 Å². The minimum Gasteiger partial charge on any atom is -0.211 e. The number of hydrogen-bond donors (Lipinski definition) is 0. The molecule has 1 fully saturated rings. The van der Waals surface area contributed by atoms with E-state index in [1.54, 1.807) is 13.1 Å². The van der Waals surface area contributed by atoms with Gasteiger partial charge in [0.1, 0.15) is 0 Å². The molecule has 1 unspecified atom stereocenters. The van der Waals surface area contributed by atoms with Crippen LogP contribution >= 0.6 is 0 Å². The van der Waals surface area contributed by atoms with Crippen LogP contribution in [0.1, 0.15) is 39.0 Å². The van der Waals surface area contributed by atoms with E-state index >= 15 is 0 Å². The number of nitrogens with zero attached hydrogens (tertiary/aromatic N) is 2. The van der Waals surface area contributed by atoms with E-state index < -0.39 is 15.3 Å². The molecule has 0 N–H and O–H groups in total. The van der Waals surface area contributed by atoms with Crippen molar-refractivity contribution in [3.8, 4) is 6.07 Å². The average Bonchev–Trinajstić information content (AvgIpc) is 2.29. The normalized spacial score (nSPS) is 20.6. The molecule has 0 heterocycles. The zero-order valence-corrected chi connectivity index (χ0v) is 10.8. The van der Waals surface area contributed by atoms with E-state index in [0.29, 0.717) is 12.5 Å². The van der Waals surface area contributed by atoms with Crippen molar-refractivity contribution in [1.29, 1.82) is 5.26 Å². The van der Waals surface area contributed by atoms with Crippen LogP contribution in [0, 0.1) is 17.2 Å². The molecule has 1 aliphatic carbocycles. The van der Waals surface area contributed by atoms with Gasteiger partial charge in [0.15, 0.2) is 5.25 Å². The lowest BCUT2D eigenvalue weighted by atomic mass is 9.89. The molecule has 0 aliphatic heterocycles. The highest BCUT2D eigenvalue weighted by Gasteiger charge is 2.28. The Morgan fingerprint density at radius 1 is 1.38 bits per heavy atom. The summed E-state index contributed by atoms with van der Waals surface area (Å²) in [4.78, 5) is 0. The van der Waals surface area contributed by atoms with E-state index in [2.05, 4.69) is 0 Å². The summed E-state index contributed by atoms with van der Waals surface area (Å²) in [7, 11) is -1.84. The van der Waals surface area contributed by atoms with Crippen LogP contribution < -0.4 is 0 Å². The van der Waals surface area contributed by atoms with Gasteiger partial charge in [-0.1, -0.05) is 19.3 Å². The molecular weight excluding hydrogens is 224 g/mol. The fraction of sp³-hybridized carbons (Fsp3) is 0.909. The smallest absolute Gasteiger partial charge is 0.211 e. The first-order valence-corrected chi connectivity index (χ1v) is 7.33. The molecule has 0 amide bonds. The van der Waals surface area contributed by atoms with Crippen molar-refractivity contribution in [2.45, 2.75) is 44.3 Å². The summed E-state index contributed by atoms with van der Waals surface area (Å²) in [5.74, 6) is 0.472. The Bertz CT molecular complexity index is 353. The third-order valence-electron chi connectivity index (χ3n) is 3.30. The van der Waals surface area contributed by atoms with Gasteiger partial charge in [-0.25, -0.2) is 12.7 Å². The third kappa shape index (κ3) is 3.19. The van der Waals surface area contributed by atoms with Crippen LogP contribution in [-0.2, 0) is 10.0 Å². The summed E-state index contributed by atoms with van der Waals surface area (Å²) in [5, 5.41) is 7.73. The van der Waals surface area contributed by atoms with E-state index in [-0.39, 0.29) is 0 Å². The fourth-order valence-corrected chi connectivity index (χ4v) is 3.27. The second-order valence-electron chi connectivity index (χ2n) is 4.60. The Morgan fingerprint density at radius 3 is 2.44 bits per heavy atom. The highest BCUT2D eigenvalue weighted by Crippen LogP contribution is 2.25. The molecule has 0 aromatic rings. The standard InChI is InChI=1S/C11H20N2O2S/c1-10(8-12)16(14,15)13(2)9-11-6-4-3-5-7-11/h10-11H,3-7,9H2,1-2H3. The molecule has 1 aliphatic rings. The minimum atomic E-state index is -3.42. The van der Waals surface area contributed by atoms with Gasteiger partial charge in [0.05, 0.1) is 6.07 Å². The van der Waals surface area contributed by atoms with Crippen molar-refractivity contribution in [2.24, 2.45) is 5.92 Å². The van der Waals surface area contributed by atoms with Gasteiger partial charge in [-0.05, 0) is 25.7 Å². The number of rotatable bonds is 4. The van der Waals surface area contributed by atoms with Crippen molar-refractivity contribution in [3.05, 3.63) is 0 Å². The zero-order chi connectivity index (χ0) is 12.2. The largest absolute Gasteiger partial charge is 0.229 e. The van der Waals surface area contributed by atoms with Crippen LogP contribution in [-0.4, -0.2) is 31.6 Å². The Kier molecular flexibility index (Phi) is 4.75. The molecule has 16 heavy (non-hydrogen) atoms. The number of sulfonamides is 1. The Hall–Kier alpha value is -0.600. The van der Waals surface area contributed by atoms with Crippen LogP contribution in [0.3, 0.4) is 0 Å². The molecule has 5 heteroatoms. The van der Waals surface area contributed by atoms with E-state index in [0.717, 1.165) is 12.8 Å². The fourth-order valence-electron chi connectivity index (χ4n) is 2.17. The monoisotopic (exact) mass is 244 g/mol. The van der Waals surface area contributed by atoms with E-state index in [1.165, 1.54) is 30.5 Å². The van der Waals surface area contributed by atoms with Crippen molar-refractivity contribution < 1.29 is 8.42 Å². The molecule has 0 aromatic heterocycles. The highest BCUT2D eigenvalue weighted by molar-refractivity contribution is 7.89. The van der Waals surface area contributed by atoms with Crippen LogP contribution in [0.25, 0.3) is 0 Å². The predicted molar refractivity (Wildman–Crippen MR) is 63.2 cm³/mol. The first-order valence-electron chi connectivity index (χ1n) is 5.83. The zero-order valence-electron chi connectivity index (χ0n) is 10.0. The Morgan fingerprint density at radius 2 is 1.94 bits per heavy atom. The lowest BCUT2D eigenvalue weighted by molar-refractivity contribution is 0.299. The van der Waals surface area contributed by atoms with E-state index in [4.69, 9.17) is 5.26 Å². The molecule has 92 valence electrons. The molecule has 1 saturated carbocycles. The Balaban J connectivity index is 2.57. The molecular formula is C11H20N2O2S. The van der Waals surface area contributed by atoms with Crippen LogP contribution in [0.5, 0.6) is 0 Å².